The van der Waals surface area contributed by atoms with E-state index in [0.717, 1.165) is 12.2 Å². The van der Waals surface area contributed by atoms with E-state index in [9.17, 15) is 9.90 Å². The van der Waals surface area contributed by atoms with Gasteiger partial charge in [0, 0.05) is 12.1 Å². The molecule has 0 aliphatic rings. The lowest BCUT2D eigenvalue weighted by molar-refractivity contribution is -0.694. The first-order chi connectivity index (χ1) is 9.20. The largest absolute Gasteiger partial charge is 0.545 e. The van der Waals surface area contributed by atoms with Crippen LogP contribution >= 0.6 is 0 Å². The summed E-state index contributed by atoms with van der Waals surface area (Å²) in [6, 6.07) is 12.2. The van der Waals surface area contributed by atoms with Crippen LogP contribution < -0.4 is 9.67 Å². The molecule has 4 heteroatoms. The van der Waals surface area contributed by atoms with Crippen molar-refractivity contribution in [3.63, 3.8) is 0 Å². The monoisotopic (exact) mass is 254 g/mol. The zero-order valence-electron chi connectivity index (χ0n) is 10.6. The molecule has 19 heavy (non-hydrogen) atoms. The van der Waals surface area contributed by atoms with Crippen molar-refractivity contribution in [2.75, 3.05) is 0 Å². The number of aryl methyl sites for hydroxylation is 1. The van der Waals surface area contributed by atoms with Gasteiger partial charge in [-0.25, -0.2) is 4.99 Å². The first kappa shape index (κ1) is 13.0. The number of carboxylic acids is 1. The Hall–Kier alpha value is -2.49. The van der Waals surface area contributed by atoms with Crippen molar-refractivity contribution in [1.82, 2.24) is 0 Å². The second-order valence-corrected chi connectivity index (χ2v) is 4.00. The molecule has 0 unspecified atom stereocenters. The molecule has 0 saturated carbocycles. The van der Waals surface area contributed by atoms with E-state index in [0.29, 0.717) is 5.69 Å². The van der Waals surface area contributed by atoms with Gasteiger partial charge in [0.25, 0.3) is 0 Å². The van der Waals surface area contributed by atoms with Crippen molar-refractivity contribution in [3.05, 3.63) is 59.9 Å². The van der Waals surface area contributed by atoms with Crippen molar-refractivity contribution < 1.29 is 14.5 Å². The fraction of sp³-hybridized carbons (Fsp3) is 0.133. The molecule has 0 atom stereocenters. The number of aromatic nitrogens is 1. The summed E-state index contributed by atoms with van der Waals surface area (Å²) in [5, 5.41) is 10.6. The number of aliphatic imine (C=N–C) groups is 1. The van der Waals surface area contributed by atoms with Crippen LogP contribution in [0.25, 0.3) is 0 Å². The second-order valence-electron chi connectivity index (χ2n) is 4.00. The highest BCUT2D eigenvalue weighted by Crippen LogP contribution is 2.12. The normalized spacial score (nSPS) is 10.8. The minimum absolute atomic E-state index is 0.155. The van der Waals surface area contributed by atoms with E-state index in [1.165, 1.54) is 12.1 Å². The van der Waals surface area contributed by atoms with Crippen LogP contribution in [0, 0.1) is 0 Å². The van der Waals surface area contributed by atoms with E-state index in [4.69, 9.17) is 0 Å². The van der Waals surface area contributed by atoms with Gasteiger partial charge in [0.2, 0.25) is 5.69 Å². The van der Waals surface area contributed by atoms with Gasteiger partial charge in [0.05, 0.1) is 17.9 Å². The highest BCUT2D eigenvalue weighted by Gasteiger charge is 2.03. The molecule has 0 N–H and O–H groups in total. The second kappa shape index (κ2) is 5.91. The third-order valence-electron chi connectivity index (χ3n) is 2.77. The summed E-state index contributed by atoms with van der Waals surface area (Å²) >= 11 is 0. The first-order valence-electron chi connectivity index (χ1n) is 6.04. The summed E-state index contributed by atoms with van der Waals surface area (Å²) in [5.74, 6) is -1.18. The maximum Gasteiger partial charge on any atom is 0.223 e. The minimum Gasteiger partial charge on any atom is -0.545 e. The number of carbonyl (C=O) groups is 1. The van der Waals surface area contributed by atoms with Gasteiger partial charge in [0.1, 0.15) is 6.54 Å². The summed E-state index contributed by atoms with van der Waals surface area (Å²) < 4.78 is 2.07. The molecular weight excluding hydrogens is 240 g/mol. The number of benzene rings is 1. The molecule has 0 amide bonds. The molecule has 0 bridgehead atoms. The van der Waals surface area contributed by atoms with Crippen molar-refractivity contribution >= 4 is 17.9 Å². The molecule has 0 saturated heterocycles. The number of rotatable bonds is 4. The number of carbonyl (C=O) groups excluding carboxylic acids is 1. The summed E-state index contributed by atoms with van der Waals surface area (Å²) in [5.41, 5.74) is 1.85. The number of carboxylic acid groups (broad SMARTS) is 1. The highest BCUT2D eigenvalue weighted by molar-refractivity contribution is 5.86. The van der Waals surface area contributed by atoms with Crippen LogP contribution in [0.2, 0.25) is 0 Å². The predicted octanol–water partition coefficient (Wildman–Crippen LogP) is 1.11. The molecule has 2 aromatic rings. The molecule has 0 aliphatic heterocycles. The molecule has 4 nitrogen and oxygen atoms in total. The molecule has 1 heterocycles. The van der Waals surface area contributed by atoms with Gasteiger partial charge < -0.3 is 9.90 Å². The zero-order valence-corrected chi connectivity index (χ0v) is 10.6. The van der Waals surface area contributed by atoms with Gasteiger partial charge >= 0.3 is 0 Å². The Balaban J connectivity index is 2.20. The van der Waals surface area contributed by atoms with Crippen LogP contribution in [0.4, 0.5) is 5.69 Å². The summed E-state index contributed by atoms with van der Waals surface area (Å²) in [7, 11) is 0. The summed E-state index contributed by atoms with van der Waals surface area (Å²) in [6.07, 6.45) is 3.75. The fourth-order valence-corrected chi connectivity index (χ4v) is 1.72. The summed E-state index contributed by atoms with van der Waals surface area (Å²) in [6.45, 7) is 2.93. The number of hydrogen-bond acceptors (Lipinski definition) is 3. The van der Waals surface area contributed by atoms with Crippen LogP contribution in [0.3, 0.4) is 0 Å². The number of nitrogens with zero attached hydrogens (tertiary/aromatic N) is 2. The Labute approximate surface area is 111 Å². The van der Waals surface area contributed by atoms with Gasteiger partial charge in [-0.1, -0.05) is 12.1 Å². The average Bonchev–Trinajstić information content (AvgIpc) is 2.45. The molecule has 2 rings (SSSR count). The maximum absolute atomic E-state index is 10.6. The topological polar surface area (TPSA) is 56.4 Å². The van der Waals surface area contributed by atoms with Crippen molar-refractivity contribution in [3.8, 4) is 0 Å². The van der Waals surface area contributed by atoms with Crippen molar-refractivity contribution in [1.29, 1.82) is 0 Å². The van der Waals surface area contributed by atoms with Gasteiger partial charge in [0.15, 0.2) is 6.20 Å². The smallest absolute Gasteiger partial charge is 0.223 e. The van der Waals surface area contributed by atoms with Crippen LogP contribution in [0.15, 0.2) is 53.7 Å². The quantitative estimate of drug-likeness (QED) is 0.606. The lowest BCUT2D eigenvalue weighted by atomic mass is 10.2. The SMILES string of the molecule is CC[n+]1ccccc1C=Nc1ccc(C(=O)[O-])cc1. The van der Waals surface area contributed by atoms with Gasteiger partial charge in [-0.15, -0.1) is 0 Å². The van der Waals surface area contributed by atoms with Crippen LogP contribution in [-0.4, -0.2) is 12.2 Å². The average molecular weight is 254 g/mol. The molecule has 96 valence electrons. The minimum atomic E-state index is -1.18. The van der Waals surface area contributed by atoms with Crippen LogP contribution in [-0.2, 0) is 6.54 Å². The lowest BCUT2D eigenvalue weighted by Gasteiger charge is -2.01. The highest BCUT2D eigenvalue weighted by atomic mass is 16.4. The fourth-order valence-electron chi connectivity index (χ4n) is 1.72. The van der Waals surface area contributed by atoms with Gasteiger partial charge in [-0.2, -0.15) is 4.57 Å². The van der Waals surface area contributed by atoms with Crippen molar-refractivity contribution in [2.24, 2.45) is 4.99 Å². The molecule has 1 aromatic carbocycles. The van der Waals surface area contributed by atoms with Crippen LogP contribution in [0.1, 0.15) is 23.0 Å². The Bertz CT molecular complexity index is 604. The van der Waals surface area contributed by atoms with Crippen molar-refractivity contribution in [2.45, 2.75) is 13.5 Å². The van der Waals surface area contributed by atoms with Gasteiger partial charge in [-0.05, 0) is 30.7 Å². The Morgan fingerprint density at radius 2 is 2.00 bits per heavy atom. The molecule has 0 spiro atoms. The van der Waals surface area contributed by atoms with E-state index in [1.54, 1.807) is 18.3 Å². The molecule has 0 fully saturated rings. The van der Waals surface area contributed by atoms with E-state index >= 15 is 0 Å². The molecule has 0 radical (unpaired) electrons. The first-order valence-corrected chi connectivity index (χ1v) is 6.04. The number of pyridine rings is 1. The molecule has 1 aromatic heterocycles. The van der Waals surface area contributed by atoms with E-state index < -0.39 is 5.97 Å². The maximum atomic E-state index is 10.6. The Kier molecular flexibility index (Phi) is 4.03. The summed E-state index contributed by atoms with van der Waals surface area (Å²) in [4.78, 5) is 14.9. The standard InChI is InChI=1S/C15H14N2O2/c1-2-17-10-4-3-5-14(17)11-16-13-8-6-12(7-9-13)15(18)19/h3-11H,2H2,1H3. The third kappa shape index (κ3) is 3.25. The molecular formula is C15H14N2O2. The zero-order chi connectivity index (χ0) is 13.7. The van der Waals surface area contributed by atoms with Crippen LogP contribution in [0.5, 0.6) is 0 Å². The predicted molar refractivity (Wildman–Crippen MR) is 70.3 cm³/mol. The Morgan fingerprint density at radius 3 is 2.63 bits per heavy atom. The van der Waals surface area contributed by atoms with Gasteiger partial charge in [-0.3, -0.25) is 0 Å². The lowest BCUT2D eigenvalue weighted by Crippen LogP contribution is -2.36. The molecule has 0 aliphatic carbocycles. The number of hydrogen-bond donors (Lipinski definition) is 0. The van der Waals surface area contributed by atoms with E-state index in [-0.39, 0.29) is 5.56 Å². The van der Waals surface area contributed by atoms with E-state index in [2.05, 4.69) is 16.5 Å². The number of aromatic carboxylic acids is 1. The third-order valence-corrected chi connectivity index (χ3v) is 2.77. The van der Waals surface area contributed by atoms with E-state index in [1.807, 2.05) is 24.4 Å². The Morgan fingerprint density at radius 1 is 1.26 bits per heavy atom.